The maximum atomic E-state index is 10.7. The third-order valence-electron chi connectivity index (χ3n) is 2.36. The summed E-state index contributed by atoms with van der Waals surface area (Å²) in [6.07, 6.45) is 0.676. The summed E-state index contributed by atoms with van der Waals surface area (Å²) >= 11 is 3.35. The van der Waals surface area contributed by atoms with E-state index in [0.29, 0.717) is 6.42 Å². The minimum absolute atomic E-state index is 0.129. The molecule has 0 N–H and O–H groups in total. The number of nitro groups is 1. The molecule has 17 heavy (non-hydrogen) atoms. The Balaban J connectivity index is 2.24. The Morgan fingerprint density at radius 1 is 1.24 bits per heavy atom. The van der Waals surface area contributed by atoms with Crippen LogP contribution in [0.25, 0.3) is 0 Å². The van der Waals surface area contributed by atoms with Gasteiger partial charge in [-0.1, -0.05) is 40.2 Å². The van der Waals surface area contributed by atoms with Crippen molar-refractivity contribution in [1.29, 1.82) is 0 Å². The number of nitro benzene ring substituents is 1. The van der Waals surface area contributed by atoms with Gasteiger partial charge in [0.1, 0.15) is 0 Å². The highest BCUT2D eigenvalue weighted by atomic mass is 79.9. The van der Waals surface area contributed by atoms with Gasteiger partial charge in [0.15, 0.2) is 0 Å². The van der Waals surface area contributed by atoms with Gasteiger partial charge in [0.05, 0.1) is 4.92 Å². The molecule has 85 valence electrons. The first-order chi connectivity index (χ1) is 8.15. The molecule has 0 aliphatic rings. The Hall–Kier alpha value is -1.68. The first-order valence-electron chi connectivity index (χ1n) is 5.04. The third-order valence-corrected chi connectivity index (χ3v) is 2.82. The number of benzene rings is 2. The van der Waals surface area contributed by atoms with E-state index in [-0.39, 0.29) is 10.6 Å². The molecule has 3 nitrogen and oxygen atoms in total. The topological polar surface area (TPSA) is 43.1 Å². The summed E-state index contributed by atoms with van der Waals surface area (Å²) in [5, 5.41) is 10.7. The molecule has 0 heterocycles. The van der Waals surface area contributed by atoms with Crippen LogP contribution in [0.3, 0.4) is 0 Å². The third kappa shape index (κ3) is 3.14. The average Bonchev–Trinajstić information content (AvgIpc) is 2.29. The monoisotopic (exact) mass is 290 g/mol. The fourth-order valence-electron chi connectivity index (χ4n) is 1.61. The highest BCUT2D eigenvalue weighted by Gasteiger charge is 2.06. The van der Waals surface area contributed by atoms with Gasteiger partial charge in [0.2, 0.25) is 0 Å². The Bertz CT molecular complexity index is 555. The maximum absolute atomic E-state index is 10.7. The lowest BCUT2D eigenvalue weighted by Gasteiger charge is -2.02. The number of halogens is 1. The van der Waals surface area contributed by atoms with E-state index < -0.39 is 0 Å². The summed E-state index contributed by atoms with van der Waals surface area (Å²) in [6.45, 7) is 0. The molecule has 0 fully saturated rings. The van der Waals surface area contributed by atoms with E-state index in [1.807, 2.05) is 24.3 Å². The Morgan fingerprint density at radius 3 is 2.71 bits per heavy atom. The standard InChI is InChI=1S/C13H9BrNO2/c14-12-5-1-3-10(8-12)7-11-4-2-6-13(9-11)15(16)17/h1-4,6,8-9H,7H2. The molecule has 2 aromatic rings. The second-order valence-electron chi connectivity index (χ2n) is 3.65. The molecule has 0 aliphatic heterocycles. The van der Waals surface area contributed by atoms with E-state index in [0.717, 1.165) is 15.6 Å². The molecule has 0 saturated carbocycles. The van der Waals surface area contributed by atoms with Crippen molar-refractivity contribution in [3.8, 4) is 0 Å². The Kier molecular flexibility index (Phi) is 3.54. The van der Waals surface area contributed by atoms with E-state index in [1.54, 1.807) is 12.1 Å². The normalized spacial score (nSPS) is 10.2. The van der Waals surface area contributed by atoms with Crippen LogP contribution in [0.5, 0.6) is 0 Å². The second-order valence-corrected chi connectivity index (χ2v) is 4.50. The van der Waals surface area contributed by atoms with Crippen LogP contribution in [0.2, 0.25) is 0 Å². The van der Waals surface area contributed by atoms with Crippen molar-refractivity contribution in [3.05, 3.63) is 74.2 Å². The molecule has 2 aromatic carbocycles. The SMILES string of the molecule is O=[N+]([O-])c1cccc(Cc2cc[c]c(Br)c2)c1. The molecule has 4 heteroatoms. The summed E-state index contributed by atoms with van der Waals surface area (Å²) in [5.41, 5.74) is 2.15. The largest absolute Gasteiger partial charge is 0.269 e. The van der Waals surface area contributed by atoms with Gasteiger partial charge in [-0.25, -0.2) is 0 Å². The van der Waals surface area contributed by atoms with Crippen molar-refractivity contribution in [3.63, 3.8) is 0 Å². The zero-order valence-electron chi connectivity index (χ0n) is 8.89. The Morgan fingerprint density at radius 2 is 2.00 bits per heavy atom. The zero-order valence-corrected chi connectivity index (χ0v) is 10.5. The smallest absolute Gasteiger partial charge is 0.258 e. The number of hydrogen-bond donors (Lipinski definition) is 0. The maximum Gasteiger partial charge on any atom is 0.269 e. The van der Waals surface area contributed by atoms with Crippen molar-refractivity contribution in [2.45, 2.75) is 6.42 Å². The summed E-state index contributed by atoms with van der Waals surface area (Å²) in [6, 6.07) is 15.4. The molecule has 0 bridgehead atoms. The first kappa shape index (κ1) is 11.8. The molecule has 0 spiro atoms. The van der Waals surface area contributed by atoms with Gasteiger partial charge < -0.3 is 0 Å². The molecule has 1 radical (unpaired) electrons. The van der Waals surface area contributed by atoms with E-state index in [2.05, 4.69) is 22.0 Å². The van der Waals surface area contributed by atoms with E-state index in [4.69, 9.17) is 0 Å². The van der Waals surface area contributed by atoms with Crippen molar-refractivity contribution in [2.75, 3.05) is 0 Å². The molecular weight excluding hydrogens is 282 g/mol. The number of nitrogens with zero attached hydrogens (tertiary/aromatic N) is 1. The van der Waals surface area contributed by atoms with Crippen LogP contribution in [-0.2, 0) is 6.42 Å². The van der Waals surface area contributed by atoms with Crippen molar-refractivity contribution in [1.82, 2.24) is 0 Å². The molecule has 2 rings (SSSR count). The average molecular weight is 291 g/mol. The summed E-state index contributed by atoms with van der Waals surface area (Å²) in [5.74, 6) is 0. The van der Waals surface area contributed by atoms with Crippen LogP contribution in [0.4, 0.5) is 5.69 Å². The minimum atomic E-state index is -0.377. The molecule has 0 aromatic heterocycles. The Labute approximate surface area is 107 Å². The van der Waals surface area contributed by atoms with Gasteiger partial charge in [0.25, 0.3) is 5.69 Å². The van der Waals surface area contributed by atoms with Crippen LogP contribution < -0.4 is 0 Å². The van der Waals surface area contributed by atoms with Crippen LogP contribution in [0.1, 0.15) is 11.1 Å². The second kappa shape index (κ2) is 5.10. The van der Waals surface area contributed by atoms with E-state index in [1.165, 1.54) is 6.07 Å². The van der Waals surface area contributed by atoms with Gasteiger partial charge >= 0.3 is 0 Å². The van der Waals surface area contributed by atoms with Crippen LogP contribution >= 0.6 is 15.9 Å². The van der Waals surface area contributed by atoms with Crippen LogP contribution in [-0.4, -0.2) is 4.92 Å². The molecule has 0 unspecified atom stereocenters. The summed E-state index contributed by atoms with van der Waals surface area (Å²) < 4.78 is 0.889. The lowest BCUT2D eigenvalue weighted by Crippen LogP contribution is -1.92. The summed E-state index contributed by atoms with van der Waals surface area (Å²) in [7, 11) is 0. The van der Waals surface area contributed by atoms with Crippen molar-refractivity contribution >= 4 is 21.6 Å². The van der Waals surface area contributed by atoms with Crippen LogP contribution in [0.15, 0.2) is 46.9 Å². The van der Waals surface area contributed by atoms with Gasteiger partial charge in [-0.3, -0.25) is 10.1 Å². The van der Waals surface area contributed by atoms with Gasteiger partial charge in [0, 0.05) is 16.6 Å². The zero-order chi connectivity index (χ0) is 12.3. The highest BCUT2D eigenvalue weighted by molar-refractivity contribution is 9.10. The van der Waals surface area contributed by atoms with Crippen LogP contribution in [0, 0.1) is 16.2 Å². The van der Waals surface area contributed by atoms with Crippen molar-refractivity contribution in [2.24, 2.45) is 0 Å². The number of hydrogen-bond acceptors (Lipinski definition) is 2. The molecule has 0 atom stereocenters. The lowest BCUT2D eigenvalue weighted by molar-refractivity contribution is -0.384. The molecule has 0 saturated heterocycles. The minimum Gasteiger partial charge on any atom is -0.258 e. The first-order valence-corrected chi connectivity index (χ1v) is 5.84. The fourth-order valence-corrected chi connectivity index (χ4v) is 2.03. The van der Waals surface area contributed by atoms with Gasteiger partial charge in [-0.05, 0) is 29.7 Å². The molecular formula is C13H9BrNO2. The van der Waals surface area contributed by atoms with Gasteiger partial charge in [-0.15, -0.1) is 0 Å². The van der Waals surface area contributed by atoms with E-state index in [9.17, 15) is 10.1 Å². The number of rotatable bonds is 3. The lowest BCUT2D eigenvalue weighted by atomic mass is 10.0. The van der Waals surface area contributed by atoms with Crippen molar-refractivity contribution < 1.29 is 4.92 Å². The molecule has 0 amide bonds. The quantitative estimate of drug-likeness (QED) is 0.638. The summed E-state index contributed by atoms with van der Waals surface area (Å²) in [4.78, 5) is 10.3. The fraction of sp³-hybridized carbons (Fsp3) is 0.0769. The number of non-ortho nitro benzene ring substituents is 1. The molecule has 0 aliphatic carbocycles. The van der Waals surface area contributed by atoms with E-state index >= 15 is 0 Å². The predicted molar refractivity (Wildman–Crippen MR) is 68.9 cm³/mol. The predicted octanol–water partition coefficient (Wildman–Crippen LogP) is 3.75. The van der Waals surface area contributed by atoms with Gasteiger partial charge in [-0.2, -0.15) is 0 Å². The highest BCUT2D eigenvalue weighted by Crippen LogP contribution is 2.18.